The quantitative estimate of drug-likeness (QED) is 0.720. The minimum atomic E-state index is 0.104. The molecule has 0 aliphatic heterocycles. The molecule has 4 heteroatoms. The number of nitrogen functional groups attached to an aromatic ring is 1. The molecule has 0 saturated heterocycles. The van der Waals surface area contributed by atoms with E-state index in [2.05, 4.69) is 0 Å². The number of hydrogen-bond acceptors (Lipinski definition) is 4. The van der Waals surface area contributed by atoms with Gasteiger partial charge in [-0.1, -0.05) is 6.92 Å². The van der Waals surface area contributed by atoms with Gasteiger partial charge < -0.3 is 20.3 Å². The Hall–Kier alpha value is -1.42. The first kappa shape index (κ1) is 11.7. The molecule has 1 aromatic rings. The largest absolute Gasteiger partial charge is 0.493 e. The summed E-state index contributed by atoms with van der Waals surface area (Å²) >= 11 is 0. The van der Waals surface area contributed by atoms with Crippen LogP contribution in [0.4, 0.5) is 5.69 Å². The summed E-state index contributed by atoms with van der Waals surface area (Å²) in [4.78, 5) is 0. The van der Waals surface area contributed by atoms with Crippen molar-refractivity contribution in [1.29, 1.82) is 0 Å². The maximum absolute atomic E-state index is 8.85. The highest BCUT2D eigenvalue weighted by Crippen LogP contribution is 2.29. The van der Waals surface area contributed by atoms with Gasteiger partial charge in [-0.25, -0.2) is 0 Å². The van der Waals surface area contributed by atoms with Gasteiger partial charge >= 0.3 is 0 Å². The number of methoxy groups -OCH3 is 1. The van der Waals surface area contributed by atoms with E-state index in [4.69, 9.17) is 20.3 Å². The maximum atomic E-state index is 8.85. The minimum absolute atomic E-state index is 0.104. The first-order chi connectivity index (χ1) is 7.17. The standard InChI is InChI=1S/C11H17NO3/c1-8(6-13)7-15-10-4-3-9(12)5-11(10)14-2/h3-5,8,13H,6-7,12H2,1-2H3. The Balaban J connectivity index is 2.67. The summed E-state index contributed by atoms with van der Waals surface area (Å²) in [5.41, 5.74) is 6.24. The SMILES string of the molecule is COc1cc(N)ccc1OCC(C)CO. The van der Waals surface area contributed by atoms with Crippen LogP contribution in [0.5, 0.6) is 11.5 Å². The molecule has 0 aliphatic carbocycles. The van der Waals surface area contributed by atoms with Crippen molar-refractivity contribution < 1.29 is 14.6 Å². The average molecular weight is 211 g/mol. The topological polar surface area (TPSA) is 64.7 Å². The van der Waals surface area contributed by atoms with Crippen LogP contribution in [-0.4, -0.2) is 25.4 Å². The summed E-state index contributed by atoms with van der Waals surface area (Å²) in [5.74, 6) is 1.36. The molecule has 3 N–H and O–H groups in total. The van der Waals surface area contributed by atoms with Crippen LogP contribution in [-0.2, 0) is 0 Å². The number of rotatable bonds is 5. The Bertz CT molecular complexity index is 315. The molecular weight excluding hydrogens is 194 g/mol. The Morgan fingerprint density at radius 1 is 1.40 bits per heavy atom. The molecule has 0 aromatic heterocycles. The molecule has 1 rings (SSSR count). The third kappa shape index (κ3) is 3.32. The van der Waals surface area contributed by atoms with Gasteiger partial charge in [0.1, 0.15) is 0 Å². The fourth-order valence-corrected chi connectivity index (χ4v) is 1.09. The number of aliphatic hydroxyl groups is 1. The summed E-state index contributed by atoms with van der Waals surface area (Å²) in [6, 6.07) is 5.22. The van der Waals surface area contributed by atoms with Gasteiger partial charge in [-0.15, -0.1) is 0 Å². The normalized spacial score (nSPS) is 12.2. The van der Waals surface area contributed by atoms with Crippen LogP contribution in [0.3, 0.4) is 0 Å². The van der Waals surface area contributed by atoms with Crippen molar-refractivity contribution in [1.82, 2.24) is 0 Å². The molecule has 0 amide bonds. The van der Waals surface area contributed by atoms with Crippen LogP contribution >= 0.6 is 0 Å². The lowest BCUT2D eigenvalue weighted by Crippen LogP contribution is -2.12. The van der Waals surface area contributed by atoms with E-state index in [0.29, 0.717) is 23.8 Å². The van der Waals surface area contributed by atoms with Crippen molar-refractivity contribution in [2.45, 2.75) is 6.92 Å². The molecule has 84 valence electrons. The van der Waals surface area contributed by atoms with E-state index in [1.807, 2.05) is 6.92 Å². The third-order valence-electron chi connectivity index (χ3n) is 2.02. The number of benzene rings is 1. The molecule has 0 spiro atoms. The predicted molar refractivity (Wildman–Crippen MR) is 59.2 cm³/mol. The van der Waals surface area contributed by atoms with E-state index in [1.165, 1.54) is 0 Å². The van der Waals surface area contributed by atoms with Gasteiger partial charge in [0.2, 0.25) is 0 Å². The number of ether oxygens (including phenoxy) is 2. The maximum Gasteiger partial charge on any atom is 0.162 e. The van der Waals surface area contributed by atoms with Gasteiger partial charge in [-0.05, 0) is 12.1 Å². The molecule has 0 saturated carbocycles. The van der Waals surface area contributed by atoms with Crippen molar-refractivity contribution >= 4 is 5.69 Å². The number of hydrogen-bond donors (Lipinski definition) is 2. The first-order valence-electron chi connectivity index (χ1n) is 4.84. The van der Waals surface area contributed by atoms with Crippen LogP contribution < -0.4 is 15.2 Å². The molecule has 1 aromatic carbocycles. The smallest absolute Gasteiger partial charge is 0.162 e. The average Bonchev–Trinajstić information content (AvgIpc) is 2.26. The van der Waals surface area contributed by atoms with E-state index in [1.54, 1.807) is 25.3 Å². The summed E-state index contributed by atoms with van der Waals surface area (Å²) in [6.45, 7) is 2.47. The van der Waals surface area contributed by atoms with E-state index >= 15 is 0 Å². The van der Waals surface area contributed by atoms with Crippen LogP contribution in [0.25, 0.3) is 0 Å². The number of anilines is 1. The molecule has 1 atom stereocenters. The van der Waals surface area contributed by atoms with Crippen molar-refractivity contribution in [3.63, 3.8) is 0 Å². The third-order valence-corrected chi connectivity index (χ3v) is 2.02. The van der Waals surface area contributed by atoms with Crippen molar-refractivity contribution in [3.8, 4) is 11.5 Å². The van der Waals surface area contributed by atoms with Gasteiger partial charge in [-0.3, -0.25) is 0 Å². The van der Waals surface area contributed by atoms with Crippen molar-refractivity contribution in [3.05, 3.63) is 18.2 Å². The Morgan fingerprint density at radius 2 is 2.13 bits per heavy atom. The van der Waals surface area contributed by atoms with E-state index in [0.717, 1.165) is 0 Å². The highest BCUT2D eigenvalue weighted by Gasteiger charge is 2.06. The molecule has 0 radical (unpaired) electrons. The van der Waals surface area contributed by atoms with Crippen LogP contribution in [0, 0.1) is 5.92 Å². The molecule has 15 heavy (non-hydrogen) atoms. The van der Waals surface area contributed by atoms with Gasteiger partial charge in [0.25, 0.3) is 0 Å². The number of nitrogens with two attached hydrogens (primary N) is 1. The van der Waals surface area contributed by atoms with Crippen LogP contribution in [0.1, 0.15) is 6.92 Å². The summed E-state index contributed by atoms with van der Waals surface area (Å²) in [5, 5.41) is 8.85. The van der Waals surface area contributed by atoms with E-state index in [9.17, 15) is 0 Å². The highest BCUT2D eigenvalue weighted by atomic mass is 16.5. The van der Waals surface area contributed by atoms with Gasteiger partial charge in [0.05, 0.1) is 13.7 Å². The fraction of sp³-hybridized carbons (Fsp3) is 0.455. The Labute approximate surface area is 89.6 Å². The lowest BCUT2D eigenvalue weighted by Gasteiger charge is -2.13. The molecule has 0 bridgehead atoms. The first-order valence-corrected chi connectivity index (χ1v) is 4.84. The zero-order valence-corrected chi connectivity index (χ0v) is 9.06. The zero-order chi connectivity index (χ0) is 11.3. The van der Waals surface area contributed by atoms with Gasteiger partial charge in [0, 0.05) is 24.3 Å². The van der Waals surface area contributed by atoms with Crippen LogP contribution in [0.2, 0.25) is 0 Å². The second-order valence-electron chi connectivity index (χ2n) is 3.51. The second kappa shape index (κ2) is 5.46. The Morgan fingerprint density at radius 3 is 2.73 bits per heavy atom. The molecule has 0 fully saturated rings. The lowest BCUT2D eigenvalue weighted by molar-refractivity contribution is 0.171. The summed E-state index contributed by atoms with van der Waals surface area (Å²) < 4.78 is 10.6. The molecule has 1 unspecified atom stereocenters. The van der Waals surface area contributed by atoms with Crippen molar-refractivity contribution in [2.75, 3.05) is 26.1 Å². The van der Waals surface area contributed by atoms with Crippen LogP contribution in [0.15, 0.2) is 18.2 Å². The lowest BCUT2D eigenvalue weighted by atomic mass is 10.2. The summed E-state index contributed by atoms with van der Waals surface area (Å²) in [6.07, 6.45) is 0. The minimum Gasteiger partial charge on any atom is -0.493 e. The number of aliphatic hydroxyl groups excluding tert-OH is 1. The molecule has 0 aliphatic rings. The highest BCUT2D eigenvalue weighted by molar-refractivity contribution is 5.51. The second-order valence-corrected chi connectivity index (χ2v) is 3.51. The van der Waals surface area contributed by atoms with Crippen molar-refractivity contribution in [2.24, 2.45) is 5.92 Å². The van der Waals surface area contributed by atoms with Gasteiger partial charge in [-0.2, -0.15) is 0 Å². The summed E-state index contributed by atoms with van der Waals surface area (Å²) in [7, 11) is 1.57. The molecule has 0 heterocycles. The van der Waals surface area contributed by atoms with E-state index in [-0.39, 0.29) is 12.5 Å². The Kier molecular flexibility index (Phi) is 4.24. The van der Waals surface area contributed by atoms with E-state index < -0.39 is 0 Å². The monoisotopic (exact) mass is 211 g/mol. The zero-order valence-electron chi connectivity index (χ0n) is 9.06. The predicted octanol–water partition coefficient (Wildman–Crippen LogP) is 1.28. The molecule has 4 nitrogen and oxygen atoms in total. The van der Waals surface area contributed by atoms with Gasteiger partial charge in [0.15, 0.2) is 11.5 Å². The fourth-order valence-electron chi connectivity index (χ4n) is 1.09. The molecular formula is C11H17NO3.